The zero-order valence-electron chi connectivity index (χ0n) is 12.6. The first-order valence-corrected chi connectivity index (χ1v) is 7.20. The maximum absolute atomic E-state index is 11.2. The van der Waals surface area contributed by atoms with Gasteiger partial charge in [-0.15, -0.1) is 0 Å². The molecular formula is C17H22N2O2. The Balaban J connectivity index is 2.19. The van der Waals surface area contributed by atoms with Gasteiger partial charge in [0.25, 0.3) is 0 Å². The molecule has 0 aromatic heterocycles. The highest BCUT2D eigenvalue weighted by Crippen LogP contribution is 2.17. The van der Waals surface area contributed by atoms with E-state index in [4.69, 9.17) is 0 Å². The van der Waals surface area contributed by atoms with Gasteiger partial charge in [0.2, 0.25) is 0 Å². The predicted octanol–water partition coefficient (Wildman–Crippen LogP) is 2.14. The Bertz CT molecular complexity index is 543. The van der Waals surface area contributed by atoms with E-state index in [1.165, 1.54) is 18.9 Å². The third-order valence-electron chi connectivity index (χ3n) is 3.58. The third-order valence-corrected chi connectivity index (χ3v) is 3.58. The first-order valence-electron chi connectivity index (χ1n) is 7.20. The van der Waals surface area contributed by atoms with Crippen LogP contribution in [0.3, 0.4) is 0 Å². The Morgan fingerprint density at radius 1 is 1.24 bits per heavy atom. The molecule has 2 rings (SSSR count). The summed E-state index contributed by atoms with van der Waals surface area (Å²) in [4.78, 5) is 13.6. The van der Waals surface area contributed by atoms with Gasteiger partial charge < -0.3 is 15.0 Å². The highest BCUT2D eigenvalue weighted by Gasteiger charge is 2.09. The molecule has 0 atom stereocenters. The van der Waals surface area contributed by atoms with Crippen molar-refractivity contribution < 1.29 is 9.53 Å². The van der Waals surface area contributed by atoms with Crippen molar-refractivity contribution in [3.63, 3.8) is 0 Å². The summed E-state index contributed by atoms with van der Waals surface area (Å²) in [6.45, 7) is 6.24. The molecule has 21 heavy (non-hydrogen) atoms. The largest absolute Gasteiger partial charge is 0.466 e. The van der Waals surface area contributed by atoms with Crippen LogP contribution >= 0.6 is 0 Å². The van der Waals surface area contributed by atoms with E-state index >= 15 is 0 Å². The highest BCUT2D eigenvalue weighted by molar-refractivity contribution is 5.87. The summed E-state index contributed by atoms with van der Waals surface area (Å²) < 4.78 is 4.63. The number of allylic oxidation sites excluding steroid dienone is 1. The number of benzene rings is 1. The maximum Gasteiger partial charge on any atom is 0.330 e. The second-order valence-electron chi connectivity index (χ2n) is 5.01. The number of piperazine rings is 1. The summed E-state index contributed by atoms with van der Waals surface area (Å²) in [6, 6.07) is 8.03. The van der Waals surface area contributed by atoms with E-state index in [0.717, 1.165) is 37.3 Å². The van der Waals surface area contributed by atoms with Crippen molar-refractivity contribution >= 4 is 18.1 Å². The molecule has 1 aromatic rings. The molecule has 4 heteroatoms. The van der Waals surface area contributed by atoms with Gasteiger partial charge in [-0.25, -0.2) is 4.79 Å². The monoisotopic (exact) mass is 286 g/mol. The molecule has 0 saturated carbocycles. The Morgan fingerprint density at radius 2 is 1.90 bits per heavy atom. The maximum atomic E-state index is 11.2. The van der Waals surface area contributed by atoms with Crippen molar-refractivity contribution in [1.29, 1.82) is 0 Å². The molecule has 1 heterocycles. The third kappa shape index (κ3) is 4.46. The molecule has 1 aliphatic heterocycles. The highest BCUT2D eigenvalue weighted by atomic mass is 16.5. The number of hydrogen-bond acceptors (Lipinski definition) is 4. The topological polar surface area (TPSA) is 41.6 Å². The van der Waals surface area contributed by atoms with Gasteiger partial charge in [-0.3, -0.25) is 0 Å². The number of carbonyl (C=O) groups is 1. The molecule has 1 saturated heterocycles. The number of nitrogens with zero attached hydrogens (tertiary/aromatic N) is 1. The van der Waals surface area contributed by atoms with Gasteiger partial charge in [-0.1, -0.05) is 24.3 Å². The van der Waals surface area contributed by atoms with Gasteiger partial charge in [0.05, 0.1) is 7.11 Å². The van der Waals surface area contributed by atoms with Gasteiger partial charge >= 0.3 is 5.97 Å². The van der Waals surface area contributed by atoms with E-state index in [2.05, 4.69) is 34.0 Å². The fourth-order valence-corrected chi connectivity index (χ4v) is 2.35. The van der Waals surface area contributed by atoms with Crippen LogP contribution in [0.25, 0.3) is 12.2 Å². The first kappa shape index (κ1) is 15.3. The van der Waals surface area contributed by atoms with Crippen molar-refractivity contribution in [2.45, 2.75) is 6.92 Å². The van der Waals surface area contributed by atoms with Crippen LogP contribution in [-0.4, -0.2) is 44.2 Å². The van der Waals surface area contributed by atoms with Crippen molar-refractivity contribution in [2.24, 2.45) is 0 Å². The minimum absolute atomic E-state index is 0.340. The van der Waals surface area contributed by atoms with Crippen LogP contribution in [0.1, 0.15) is 18.1 Å². The van der Waals surface area contributed by atoms with Crippen LogP contribution in [-0.2, 0) is 9.53 Å². The number of hydrogen-bond donors (Lipinski definition) is 1. The van der Waals surface area contributed by atoms with E-state index < -0.39 is 0 Å². The second kappa shape index (κ2) is 7.64. The molecule has 0 bridgehead atoms. The smallest absolute Gasteiger partial charge is 0.330 e. The SMILES string of the molecule is COC(=O)/C=C/c1ccccc1/C=C(\C)N1CCNCC1. The average molecular weight is 286 g/mol. The molecular weight excluding hydrogens is 264 g/mol. The lowest BCUT2D eigenvalue weighted by atomic mass is 10.1. The summed E-state index contributed by atoms with van der Waals surface area (Å²) in [6.07, 6.45) is 5.41. The van der Waals surface area contributed by atoms with E-state index in [0.29, 0.717) is 0 Å². The fourth-order valence-electron chi connectivity index (χ4n) is 2.35. The van der Waals surface area contributed by atoms with Crippen LogP contribution in [0.2, 0.25) is 0 Å². The lowest BCUT2D eigenvalue weighted by molar-refractivity contribution is -0.134. The minimum atomic E-state index is -0.340. The van der Waals surface area contributed by atoms with Gasteiger partial charge in [-0.05, 0) is 30.2 Å². The van der Waals surface area contributed by atoms with E-state index in [9.17, 15) is 4.79 Å². The van der Waals surface area contributed by atoms with Crippen LogP contribution in [0.15, 0.2) is 36.0 Å². The quantitative estimate of drug-likeness (QED) is 0.680. The average Bonchev–Trinajstić information content (AvgIpc) is 2.54. The molecule has 0 spiro atoms. The van der Waals surface area contributed by atoms with Crippen LogP contribution in [0.4, 0.5) is 0 Å². The van der Waals surface area contributed by atoms with Crippen molar-refractivity contribution in [1.82, 2.24) is 10.2 Å². The Kier molecular flexibility index (Phi) is 5.58. The standard InChI is InChI=1S/C17H22N2O2/c1-14(19-11-9-18-10-12-19)13-16-6-4-3-5-15(16)7-8-17(20)21-2/h3-8,13,18H,9-12H2,1-2H3/b8-7+,14-13+. The molecule has 1 aromatic carbocycles. The normalized spacial score (nSPS) is 16.3. The molecule has 0 amide bonds. The summed E-state index contributed by atoms with van der Waals surface area (Å²) in [5.74, 6) is -0.340. The van der Waals surface area contributed by atoms with Crippen molar-refractivity contribution in [3.8, 4) is 0 Å². The number of rotatable bonds is 4. The van der Waals surface area contributed by atoms with E-state index in [1.807, 2.05) is 18.2 Å². The molecule has 4 nitrogen and oxygen atoms in total. The number of nitrogens with one attached hydrogen (secondary N) is 1. The summed E-state index contributed by atoms with van der Waals surface area (Å²) in [5.41, 5.74) is 3.36. The number of esters is 1. The fraction of sp³-hybridized carbons (Fsp3) is 0.353. The van der Waals surface area contributed by atoms with Crippen LogP contribution in [0.5, 0.6) is 0 Å². The van der Waals surface area contributed by atoms with Gasteiger partial charge in [-0.2, -0.15) is 0 Å². The summed E-state index contributed by atoms with van der Waals surface area (Å²) in [7, 11) is 1.38. The molecule has 1 N–H and O–H groups in total. The summed E-state index contributed by atoms with van der Waals surface area (Å²) >= 11 is 0. The van der Waals surface area contributed by atoms with Gasteiger partial charge in [0.1, 0.15) is 0 Å². The van der Waals surface area contributed by atoms with Gasteiger partial charge in [0.15, 0.2) is 0 Å². The minimum Gasteiger partial charge on any atom is -0.466 e. The predicted molar refractivity (Wildman–Crippen MR) is 85.6 cm³/mol. The lowest BCUT2D eigenvalue weighted by Gasteiger charge is -2.30. The lowest BCUT2D eigenvalue weighted by Crippen LogP contribution is -2.42. The zero-order chi connectivity index (χ0) is 15.1. The Hall–Kier alpha value is -2.07. The molecule has 1 fully saturated rings. The van der Waals surface area contributed by atoms with Crippen LogP contribution in [0, 0.1) is 0 Å². The van der Waals surface area contributed by atoms with Gasteiger partial charge in [0, 0.05) is 38.0 Å². The van der Waals surface area contributed by atoms with E-state index in [-0.39, 0.29) is 5.97 Å². The molecule has 1 aliphatic rings. The first-order chi connectivity index (χ1) is 10.2. The molecule has 0 radical (unpaired) electrons. The number of ether oxygens (including phenoxy) is 1. The Labute approximate surface area is 126 Å². The molecule has 112 valence electrons. The van der Waals surface area contributed by atoms with Crippen molar-refractivity contribution in [3.05, 3.63) is 47.2 Å². The zero-order valence-corrected chi connectivity index (χ0v) is 12.6. The van der Waals surface area contributed by atoms with E-state index in [1.54, 1.807) is 6.08 Å². The van der Waals surface area contributed by atoms with Crippen molar-refractivity contribution in [2.75, 3.05) is 33.3 Å². The number of carbonyl (C=O) groups excluding carboxylic acids is 1. The summed E-state index contributed by atoms with van der Waals surface area (Å²) in [5, 5.41) is 3.35. The second-order valence-corrected chi connectivity index (χ2v) is 5.01. The van der Waals surface area contributed by atoms with Crippen LogP contribution < -0.4 is 5.32 Å². The molecule has 0 aliphatic carbocycles. The number of methoxy groups -OCH3 is 1. The Morgan fingerprint density at radius 3 is 2.57 bits per heavy atom. The molecule has 0 unspecified atom stereocenters.